The Hall–Kier alpha value is -4.04. The maximum atomic E-state index is 14.1. The molecule has 1 amide bonds. The van der Waals surface area contributed by atoms with Crippen molar-refractivity contribution in [2.75, 3.05) is 38.5 Å². The number of likely N-dealkylation sites (N-methyl/N-ethyl adjacent to an activating group) is 1. The number of anilines is 1. The summed E-state index contributed by atoms with van der Waals surface area (Å²) < 4.78 is 50.0. The summed E-state index contributed by atoms with van der Waals surface area (Å²) in [5.41, 5.74) is 1.17. The van der Waals surface area contributed by atoms with Crippen LogP contribution in [0.2, 0.25) is 5.02 Å². The van der Waals surface area contributed by atoms with Crippen molar-refractivity contribution in [1.29, 1.82) is 0 Å². The summed E-state index contributed by atoms with van der Waals surface area (Å²) in [5.74, 6) is 0.169. The first kappa shape index (κ1) is 30.0. The van der Waals surface area contributed by atoms with Crippen LogP contribution in [0.4, 0.5) is 18.9 Å². The molecule has 0 aliphatic carbocycles. The molecule has 44 heavy (non-hydrogen) atoms. The zero-order chi connectivity index (χ0) is 31.0. The zero-order valence-electron chi connectivity index (χ0n) is 23.7. The normalized spacial score (nSPS) is 14.7. The van der Waals surface area contributed by atoms with E-state index in [-0.39, 0.29) is 40.0 Å². The van der Waals surface area contributed by atoms with Crippen LogP contribution in [-0.2, 0) is 19.8 Å². The van der Waals surface area contributed by atoms with Gasteiger partial charge in [-0.2, -0.15) is 29.5 Å². The van der Waals surface area contributed by atoms with Crippen molar-refractivity contribution in [3.63, 3.8) is 0 Å². The fourth-order valence-electron chi connectivity index (χ4n) is 4.93. The first-order chi connectivity index (χ1) is 21.0. The van der Waals surface area contributed by atoms with E-state index >= 15 is 0 Å². The highest BCUT2D eigenvalue weighted by Gasteiger charge is 2.34. The van der Waals surface area contributed by atoms with Crippen LogP contribution in [0.15, 0.2) is 59.6 Å². The summed E-state index contributed by atoms with van der Waals surface area (Å²) >= 11 is 7.86. The minimum Gasteiger partial charge on any atom is -0.437 e. The van der Waals surface area contributed by atoms with E-state index < -0.39 is 17.6 Å². The van der Waals surface area contributed by atoms with Gasteiger partial charge < -0.3 is 19.5 Å². The van der Waals surface area contributed by atoms with E-state index in [4.69, 9.17) is 16.3 Å². The van der Waals surface area contributed by atoms with Gasteiger partial charge in [-0.3, -0.25) is 9.69 Å². The topological polar surface area (TPSA) is 88.4 Å². The van der Waals surface area contributed by atoms with E-state index in [0.717, 1.165) is 24.7 Å². The molecule has 1 fully saturated rings. The molecule has 14 heteroatoms. The van der Waals surface area contributed by atoms with Crippen molar-refractivity contribution < 1.29 is 22.7 Å². The lowest BCUT2D eigenvalue weighted by atomic mass is 10.0. The van der Waals surface area contributed by atoms with Crippen molar-refractivity contribution in [2.45, 2.75) is 12.7 Å². The van der Waals surface area contributed by atoms with Gasteiger partial charge in [-0.1, -0.05) is 17.7 Å². The average molecular weight is 642 g/mol. The summed E-state index contributed by atoms with van der Waals surface area (Å²) in [6.45, 7) is 3.11. The number of nitrogens with zero attached hydrogens (tertiary/aromatic N) is 6. The molecule has 6 rings (SSSR count). The molecule has 2 aromatic carbocycles. The SMILES string of the molecule is CN1CCN(Cc2ccc(NC(=O)c3cc(Oc4nc(-c5ccsc5)nc5c4ncn5C)ccc3Cl)cc2C(F)(F)F)CC1. The fraction of sp³-hybridized carbons (Fsp3) is 0.267. The fourth-order valence-corrected chi connectivity index (χ4v) is 5.77. The van der Waals surface area contributed by atoms with E-state index in [1.165, 1.54) is 35.6 Å². The number of carbonyl (C=O) groups is 1. The number of halogens is 4. The van der Waals surface area contributed by atoms with Crippen molar-refractivity contribution in [2.24, 2.45) is 7.05 Å². The molecule has 0 atom stereocenters. The number of piperazine rings is 1. The lowest BCUT2D eigenvalue weighted by molar-refractivity contribution is -0.138. The van der Waals surface area contributed by atoms with Gasteiger partial charge in [-0.05, 0) is 54.4 Å². The number of benzene rings is 2. The predicted octanol–water partition coefficient (Wildman–Crippen LogP) is 6.56. The summed E-state index contributed by atoms with van der Waals surface area (Å²) in [6.07, 6.45) is -3.00. The Morgan fingerprint density at radius 2 is 1.86 bits per heavy atom. The zero-order valence-corrected chi connectivity index (χ0v) is 25.3. The van der Waals surface area contributed by atoms with Crippen molar-refractivity contribution in [3.05, 3.63) is 81.3 Å². The number of amides is 1. The van der Waals surface area contributed by atoms with Crippen LogP contribution in [0.5, 0.6) is 11.6 Å². The number of aryl methyl sites for hydroxylation is 1. The van der Waals surface area contributed by atoms with Gasteiger partial charge in [0.2, 0.25) is 0 Å². The highest BCUT2D eigenvalue weighted by Crippen LogP contribution is 2.36. The molecular formula is C30H27ClF3N7O2S. The highest BCUT2D eigenvalue weighted by atomic mass is 35.5. The van der Waals surface area contributed by atoms with Gasteiger partial charge in [0.15, 0.2) is 17.0 Å². The Bertz CT molecular complexity index is 1820. The number of hydrogen-bond donors (Lipinski definition) is 1. The molecule has 0 bridgehead atoms. The van der Waals surface area contributed by atoms with Gasteiger partial charge in [-0.15, -0.1) is 0 Å². The van der Waals surface area contributed by atoms with Crippen molar-refractivity contribution >= 4 is 45.7 Å². The van der Waals surface area contributed by atoms with Crippen molar-refractivity contribution in [1.82, 2.24) is 29.3 Å². The van der Waals surface area contributed by atoms with Crippen LogP contribution in [0, 0.1) is 0 Å². The summed E-state index contributed by atoms with van der Waals surface area (Å²) in [7, 11) is 3.79. The number of hydrogen-bond acceptors (Lipinski definition) is 8. The number of thiophene rings is 1. The molecular weight excluding hydrogens is 615 g/mol. The largest absolute Gasteiger partial charge is 0.437 e. The summed E-state index contributed by atoms with van der Waals surface area (Å²) in [4.78, 5) is 30.9. The number of carbonyl (C=O) groups excluding carboxylic acids is 1. The molecule has 5 aromatic rings. The molecule has 3 aromatic heterocycles. The summed E-state index contributed by atoms with van der Waals surface area (Å²) in [5, 5.41) is 6.48. The maximum Gasteiger partial charge on any atom is 0.416 e. The van der Waals surface area contributed by atoms with Crippen molar-refractivity contribution in [3.8, 4) is 23.0 Å². The molecule has 0 spiro atoms. The first-order valence-electron chi connectivity index (χ1n) is 13.7. The van der Waals surface area contributed by atoms with E-state index in [1.807, 2.05) is 28.8 Å². The molecule has 0 unspecified atom stereocenters. The Kier molecular flexibility index (Phi) is 8.29. The number of ether oxygens (including phenoxy) is 1. The van der Waals surface area contributed by atoms with E-state index in [1.54, 1.807) is 24.0 Å². The van der Waals surface area contributed by atoms with E-state index in [2.05, 4.69) is 25.2 Å². The number of aromatic nitrogens is 4. The Labute approximate surface area is 259 Å². The second kappa shape index (κ2) is 12.2. The van der Waals surface area contributed by atoms with Crippen LogP contribution in [0.3, 0.4) is 0 Å². The van der Waals surface area contributed by atoms with Crippen LogP contribution < -0.4 is 10.1 Å². The first-order valence-corrected chi connectivity index (χ1v) is 15.0. The molecule has 4 heterocycles. The van der Waals surface area contributed by atoms with E-state index in [0.29, 0.717) is 30.1 Å². The smallest absolute Gasteiger partial charge is 0.416 e. The van der Waals surface area contributed by atoms with Crippen LogP contribution >= 0.6 is 22.9 Å². The van der Waals surface area contributed by atoms with Gasteiger partial charge in [-0.25, -0.2) is 9.97 Å². The molecule has 9 nitrogen and oxygen atoms in total. The molecule has 1 saturated heterocycles. The van der Waals surface area contributed by atoms with Gasteiger partial charge in [0, 0.05) is 56.4 Å². The highest BCUT2D eigenvalue weighted by molar-refractivity contribution is 7.08. The Morgan fingerprint density at radius 3 is 2.59 bits per heavy atom. The number of alkyl halides is 3. The quantitative estimate of drug-likeness (QED) is 0.215. The second-order valence-corrected chi connectivity index (χ2v) is 11.7. The Morgan fingerprint density at radius 1 is 1.07 bits per heavy atom. The number of fused-ring (bicyclic) bond motifs is 1. The third kappa shape index (κ3) is 6.41. The van der Waals surface area contributed by atoms with Crippen LogP contribution in [-0.4, -0.2) is 68.5 Å². The standard InChI is InChI=1S/C30H27ClF3N7O2S/c1-39-8-10-41(11-9-39)15-18-3-4-20(13-23(18)30(32,33)34)36-28(42)22-14-21(5-6-24(22)31)43-29-25-27(40(2)17-35-25)37-26(38-29)19-7-12-44-16-19/h3-7,12-14,16-17H,8-11,15H2,1-2H3,(H,36,42). The lowest BCUT2D eigenvalue weighted by Crippen LogP contribution is -2.44. The minimum absolute atomic E-state index is 0.00163. The van der Waals surface area contributed by atoms with Crippen LogP contribution in [0.1, 0.15) is 21.5 Å². The van der Waals surface area contributed by atoms with Gasteiger partial charge in [0.25, 0.3) is 11.8 Å². The molecule has 1 aliphatic heterocycles. The molecule has 1 aliphatic rings. The number of imidazole rings is 1. The number of rotatable bonds is 7. The molecule has 1 N–H and O–H groups in total. The Balaban J connectivity index is 1.25. The maximum absolute atomic E-state index is 14.1. The van der Waals surface area contributed by atoms with E-state index in [9.17, 15) is 18.0 Å². The third-order valence-corrected chi connectivity index (χ3v) is 8.38. The molecule has 0 saturated carbocycles. The number of nitrogens with one attached hydrogen (secondary N) is 1. The predicted molar refractivity (Wildman–Crippen MR) is 163 cm³/mol. The summed E-state index contributed by atoms with van der Waals surface area (Å²) in [6, 6.07) is 10.2. The van der Waals surface area contributed by atoms with Gasteiger partial charge in [0.1, 0.15) is 5.75 Å². The third-order valence-electron chi connectivity index (χ3n) is 7.37. The monoisotopic (exact) mass is 641 g/mol. The average Bonchev–Trinajstić information content (AvgIpc) is 3.66. The lowest BCUT2D eigenvalue weighted by Gasteiger charge is -2.33. The van der Waals surface area contributed by atoms with Gasteiger partial charge >= 0.3 is 6.18 Å². The van der Waals surface area contributed by atoms with Gasteiger partial charge in [0.05, 0.1) is 22.5 Å². The molecule has 0 radical (unpaired) electrons. The van der Waals surface area contributed by atoms with Crippen LogP contribution in [0.25, 0.3) is 22.6 Å². The molecule has 228 valence electrons. The second-order valence-electron chi connectivity index (χ2n) is 10.5. The minimum atomic E-state index is -4.59.